The molecule has 1 amide bonds. The number of ether oxygens (including phenoxy) is 2. The first-order valence-corrected chi connectivity index (χ1v) is 8.92. The van der Waals surface area contributed by atoms with Crippen molar-refractivity contribution in [2.45, 2.75) is 12.5 Å². The number of allylic oxidation sites excluding steroid dienone is 2. The number of benzene rings is 2. The van der Waals surface area contributed by atoms with Crippen LogP contribution in [0.2, 0.25) is 0 Å². The molecule has 2 aromatic carbocycles. The highest BCUT2D eigenvalue weighted by Crippen LogP contribution is 2.24. The molecule has 6 nitrogen and oxygen atoms in total. The smallest absolute Gasteiger partial charge is 0.453 e. The van der Waals surface area contributed by atoms with Gasteiger partial charge in [0, 0.05) is 0 Å². The van der Waals surface area contributed by atoms with Gasteiger partial charge in [-0.15, -0.1) is 0 Å². The van der Waals surface area contributed by atoms with E-state index in [1.165, 1.54) is 34.2 Å². The maximum absolute atomic E-state index is 11.7. The van der Waals surface area contributed by atoms with Crippen molar-refractivity contribution in [1.82, 2.24) is 5.32 Å². The van der Waals surface area contributed by atoms with Crippen LogP contribution < -0.4 is 15.8 Å². The molecule has 0 spiro atoms. The lowest BCUT2D eigenvalue weighted by Crippen LogP contribution is -2.40. The number of fused-ring (bicyclic) bond motifs is 5. The van der Waals surface area contributed by atoms with Gasteiger partial charge in [-0.05, 0) is 50.4 Å². The number of hydrogen-bond donors (Lipinski definition) is 2. The molecule has 2 N–H and O–H groups in total. The Balaban J connectivity index is 1.72. The van der Waals surface area contributed by atoms with Gasteiger partial charge in [0.2, 0.25) is 0 Å². The summed E-state index contributed by atoms with van der Waals surface area (Å²) < 4.78 is 9.33. The Morgan fingerprint density at radius 3 is 2.75 bits per heavy atom. The zero-order valence-corrected chi connectivity index (χ0v) is 15.3. The van der Waals surface area contributed by atoms with Crippen molar-refractivity contribution in [3.63, 3.8) is 0 Å². The minimum atomic E-state index is -1.39. The molecule has 4 rings (SSSR count). The zero-order valence-electron chi connectivity index (χ0n) is 15.3. The molecule has 0 radical (unpaired) electrons. The average Bonchev–Trinajstić information content (AvgIpc) is 3.19. The summed E-state index contributed by atoms with van der Waals surface area (Å²) in [5.74, 6) is 0. The summed E-state index contributed by atoms with van der Waals surface area (Å²) in [4.78, 5) is 22.4. The predicted octanol–water partition coefficient (Wildman–Crippen LogP) is 2.33. The fourth-order valence-corrected chi connectivity index (χ4v) is 3.75. The van der Waals surface area contributed by atoms with Crippen molar-refractivity contribution in [3.8, 4) is 0 Å². The lowest BCUT2D eigenvalue weighted by Gasteiger charge is -2.21. The van der Waals surface area contributed by atoms with E-state index >= 15 is 0 Å². The van der Waals surface area contributed by atoms with E-state index < -0.39 is 18.3 Å². The number of carbonyl (C=O) groups excluding carboxylic acids is 1. The van der Waals surface area contributed by atoms with Crippen LogP contribution in [-0.4, -0.2) is 37.1 Å². The van der Waals surface area contributed by atoms with E-state index in [9.17, 15) is 9.59 Å². The third-order valence-electron chi connectivity index (χ3n) is 5.08. The molecule has 0 saturated carbocycles. The summed E-state index contributed by atoms with van der Waals surface area (Å²) in [6.07, 6.45) is 8.87. The number of nitrogens with one attached hydrogen (secondary N) is 1. The molecule has 142 valence electrons. The van der Waals surface area contributed by atoms with Crippen LogP contribution in [0.15, 0.2) is 42.0 Å². The van der Waals surface area contributed by atoms with Gasteiger partial charge in [-0.2, -0.15) is 0 Å². The third kappa shape index (κ3) is 3.24. The highest BCUT2D eigenvalue weighted by atomic mass is 16.7. The highest BCUT2D eigenvalue weighted by molar-refractivity contribution is 5.96. The number of methoxy groups -OCH3 is 1. The first kappa shape index (κ1) is 17.9. The summed E-state index contributed by atoms with van der Waals surface area (Å²) in [5, 5.41) is 16.1. The molecule has 2 aliphatic carbocycles. The molecular weight excluding hydrogens is 358 g/mol. The zero-order chi connectivity index (χ0) is 19.7. The molecular formula is C22H19NO5. The molecule has 28 heavy (non-hydrogen) atoms. The van der Waals surface area contributed by atoms with Crippen LogP contribution in [0.5, 0.6) is 0 Å². The number of alkyl carbamates (subject to hydrolysis) is 1. The fourth-order valence-electron chi connectivity index (χ4n) is 3.75. The molecule has 6 heteroatoms. The van der Waals surface area contributed by atoms with E-state index in [-0.39, 0.29) is 6.61 Å². The lowest BCUT2D eigenvalue weighted by molar-refractivity contribution is 0.0845. The Bertz CT molecular complexity index is 1160. The minimum absolute atomic E-state index is 0.191. The van der Waals surface area contributed by atoms with Crippen LogP contribution in [0.4, 0.5) is 9.59 Å². The minimum Gasteiger partial charge on any atom is -0.453 e. The summed E-state index contributed by atoms with van der Waals surface area (Å²) in [5.41, 5.74) is 3.23. The second-order valence-corrected chi connectivity index (χ2v) is 6.64. The number of hydrogen-bond acceptors (Lipinski definition) is 4. The molecule has 2 aromatic rings. The van der Waals surface area contributed by atoms with E-state index in [1.807, 2.05) is 12.2 Å². The summed E-state index contributed by atoms with van der Waals surface area (Å²) >= 11 is 0. The van der Waals surface area contributed by atoms with Crippen molar-refractivity contribution in [2.24, 2.45) is 0 Å². The third-order valence-corrected chi connectivity index (χ3v) is 5.08. The molecule has 0 saturated heterocycles. The van der Waals surface area contributed by atoms with Crippen LogP contribution in [0.25, 0.3) is 29.0 Å². The van der Waals surface area contributed by atoms with Gasteiger partial charge < -0.3 is 19.9 Å². The molecule has 1 unspecified atom stereocenters. The summed E-state index contributed by atoms with van der Waals surface area (Å²) in [7, 11) is 1.26. The topological polar surface area (TPSA) is 84.9 Å². The molecule has 1 atom stereocenters. The van der Waals surface area contributed by atoms with Crippen LogP contribution >= 0.6 is 0 Å². The SMILES string of the molecule is COC(=O)NC(COC(=O)O)C1=CCc2c(ccc3c4c(ccc23)=CC=C4)=C1. The molecule has 0 bridgehead atoms. The Kier molecular flexibility index (Phi) is 4.61. The van der Waals surface area contributed by atoms with Crippen molar-refractivity contribution in [3.05, 3.63) is 63.6 Å². The Morgan fingerprint density at radius 2 is 1.96 bits per heavy atom. The van der Waals surface area contributed by atoms with E-state index in [1.54, 1.807) is 0 Å². The first-order chi connectivity index (χ1) is 13.6. The predicted molar refractivity (Wildman–Crippen MR) is 106 cm³/mol. The molecule has 2 aliphatic rings. The Hall–Kier alpha value is -3.54. The van der Waals surface area contributed by atoms with Crippen LogP contribution in [0, 0.1) is 0 Å². The van der Waals surface area contributed by atoms with E-state index in [2.05, 4.69) is 57.3 Å². The monoisotopic (exact) mass is 377 g/mol. The van der Waals surface area contributed by atoms with Crippen molar-refractivity contribution in [2.75, 3.05) is 13.7 Å². The fraction of sp³-hybridized carbons (Fsp3) is 0.182. The first-order valence-electron chi connectivity index (χ1n) is 8.92. The second kappa shape index (κ2) is 7.23. The van der Waals surface area contributed by atoms with Crippen LogP contribution in [-0.2, 0) is 15.9 Å². The Morgan fingerprint density at radius 1 is 1.18 bits per heavy atom. The molecule has 0 fully saturated rings. The standard InChI is InChI=1S/C22H19NO5/c1-27-21(24)23-20(12-28-22(25)26)15-7-8-17-14(11-15)6-10-18-16-4-2-3-13(16)5-9-19(17)18/h2-7,9-11,20H,8,12H2,1H3,(H,23,24)(H,25,26). The maximum atomic E-state index is 11.7. The summed E-state index contributed by atoms with van der Waals surface area (Å²) in [6.45, 7) is -0.191. The number of carboxylic acid groups (broad SMARTS) is 1. The van der Waals surface area contributed by atoms with Gasteiger partial charge in [0.05, 0.1) is 13.2 Å². The van der Waals surface area contributed by atoms with Crippen LogP contribution in [0.1, 0.15) is 11.1 Å². The maximum Gasteiger partial charge on any atom is 0.505 e. The van der Waals surface area contributed by atoms with Crippen molar-refractivity contribution < 1.29 is 24.2 Å². The number of rotatable bonds is 4. The quantitative estimate of drug-likeness (QED) is 0.799. The van der Waals surface area contributed by atoms with Gasteiger partial charge in [-0.1, -0.05) is 48.6 Å². The van der Waals surface area contributed by atoms with Gasteiger partial charge in [0.15, 0.2) is 0 Å². The normalized spacial score (nSPS) is 14.8. The van der Waals surface area contributed by atoms with Gasteiger partial charge in [0.1, 0.15) is 6.61 Å². The second-order valence-electron chi connectivity index (χ2n) is 6.64. The Labute approximate surface area is 161 Å². The van der Waals surface area contributed by atoms with Gasteiger partial charge in [-0.25, -0.2) is 9.59 Å². The van der Waals surface area contributed by atoms with Crippen LogP contribution in [0.3, 0.4) is 0 Å². The summed E-state index contributed by atoms with van der Waals surface area (Å²) in [6, 6.07) is 7.81. The largest absolute Gasteiger partial charge is 0.505 e. The van der Waals surface area contributed by atoms with E-state index in [0.717, 1.165) is 10.8 Å². The average molecular weight is 377 g/mol. The van der Waals surface area contributed by atoms with E-state index in [4.69, 9.17) is 5.11 Å². The number of amides is 1. The molecule has 0 aromatic heterocycles. The van der Waals surface area contributed by atoms with E-state index in [0.29, 0.717) is 6.42 Å². The van der Waals surface area contributed by atoms with Gasteiger partial charge in [-0.3, -0.25) is 0 Å². The molecule has 0 aliphatic heterocycles. The lowest BCUT2D eigenvalue weighted by atomic mass is 9.90. The van der Waals surface area contributed by atoms with Crippen molar-refractivity contribution in [1.29, 1.82) is 0 Å². The van der Waals surface area contributed by atoms with Gasteiger partial charge >= 0.3 is 12.2 Å². The van der Waals surface area contributed by atoms with Gasteiger partial charge in [0.25, 0.3) is 0 Å². The van der Waals surface area contributed by atoms with Crippen molar-refractivity contribution >= 4 is 41.2 Å². The molecule has 0 heterocycles. The number of carbonyl (C=O) groups is 2. The highest BCUT2D eigenvalue weighted by Gasteiger charge is 2.20.